The van der Waals surface area contributed by atoms with Crippen LogP contribution in [0.25, 0.3) is 10.2 Å². The summed E-state index contributed by atoms with van der Waals surface area (Å²) in [7, 11) is 0. The van der Waals surface area contributed by atoms with Crippen molar-refractivity contribution in [3.8, 4) is 5.75 Å². The van der Waals surface area contributed by atoms with Gasteiger partial charge in [-0.25, -0.2) is 0 Å². The predicted octanol–water partition coefficient (Wildman–Crippen LogP) is 4.15. The van der Waals surface area contributed by atoms with Gasteiger partial charge in [0.2, 0.25) is 5.91 Å². The molecule has 1 amide bonds. The van der Waals surface area contributed by atoms with E-state index in [-0.39, 0.29) is 16.5 Å². The smallest absolute Gasteiger partial charge is 0.305 e. The summed E-state index contributed by atoms with van der Waals surface area (Å²) in [5.41, 5.74) is 3.95. The lowest BCUT2D eigenvalue weighted by Gasteiger charge is -2.23. The van der Waals surface area contributed by atoms with Crippen molar-refractivity contribution in [2.45, 2.75) is 25.7 Å². The Labute approximate surface area is 227 Å². The number of rotatable bonds is 15. The Kier molecular flexibility index (Phi) is 10.5. The van der Waals surface area contributed by atoms with E-state index >= 15 is 0 Å². The number of nitrogens with zero attached hydrogens (tertiary/aromatic N) is 1. The molecule has 0 aliphatic heterocycles. The lowest BCUT2D eigenvalue weighted by atomic mass is 10.1. The Hall–Kier alpha value is -3.46. The van der Waals surface area contributed by atoms with Gasteiger partial charge in [0.25, 0.3) is 0 Å². The highest BCUT2D eigenvalue weighted by Gasteiger charge is 2.14. The molecule has 0 saturated heterocycles. The molecule has 4 rings (SSSR count). The molecule has 0 aliphatic carbocycles. The maximum absolute atomic E-state index is 13.0. The Morgan fingerprint density at radius 2 is 1.58 bits per heavy atom. The molecule has 0 spiro atoms. The largest absolute Gasteiger partial charge is 0.506 e. The molecule has 0 saturated carbocycles. The molecule has 0 fully saturated rings. The van der Waals surface area contributed by atoms with Gasteiger partial charge in [0.1, 0.15) is 11.3 Å². The van der Waals surface area contributed by atoms with Gasteiger partial charge in [-0.15, -0.1) is 0 Å². The summed E-state index contributed by atoms with van der Waals surface area (Å²) >= 11 is 1.12. The third-order valence-electron chi connectivity index (χ3n) is 6.47. The molecule has 1 heterocycles. The van der Waals surface area contributed by atoms with E-state index in [0.717, 1.165) is 40.9 Å². The summed E-state index contributed by atoms with van der Waals surface area (Å²) in [4.78, 5) is 29.2. The normalized spacial score (nSPS) is 11.2. The lowest BCUT2D eigenvalue weighted by molar-refractivity contribution is -0.132. The van der Waals surface area contributed by atoms with Crippen LogP contribution in [0.5, 0.6) is 5.75 Å². The van der Waals surface area contributed by atoms with E-state index in [1.165, 1.54) is 11.1 Å². The minimum absolute atomic E-state index is 0.0895. The van der Waals surface area contributed by atoms with Crippen LogP contribution in [-0.2, 0) is 28.8 Å². The summed E-state index contributed by atoms with van der Waals surface area (Å²) in [6.07, 6.45) is 2.72. The number of nitrogens with one attached hydrogen (secondary N) is 2. The van der Waals surface area contributed by atoms with E-state index < -0.39 is 0 Å². The first kappa shape index (κ1) is 27.6. The number of fused-ring (bicyclic) bond motifs is 1. The van der Waals surface area contributed by atoms with Crippen molar-refractivity contribution in [3.05, 3.63) is 99.2 Å². The van der Waals surface area contributed by atoms with Gasteiger partial charge in [-0.2, -0.15) is 0 Å². The van der Waals surface area contributed by atoms with Crippen LogP contribution in [0.3, 0.4) is 0 Å². The van der Waals surface area contributed by atoms with Crippen molar-refractivity contribution in [1.82, 2.24) is 15.2 Å². The van der Waals surface area contributed by atoms with Gasteiger partial charge in [-0.3, -0.25) is 9.59 Å². The van der Waals surface area contributed by atoms with Crippen molar-refractivity contribution < 1.29 is 14.6 Å². The van der Waals surface area contributed by atoms with Crippen molar-refractivity contribution in [2.24, 2.45) is 0 Å². The van der Waals surface area contributed by atoms with E-state index in [1.54, 1.807) is 6.07 Å². The van der Waals surface area contributed by atoms with Crippen LogP contribution >= 0.6 is 11.3 Å². The number of H-pyrrole nitrogens is 1. The van der Waals surface area contributed by atoms with E-state index in [0.29, 0.717) is 51.3 Å². The number of hydrogen-bond donors (Lipinski definition) is 3. The molecule has 0 aliphatic rings. The summed E-state index contributed by atoms with van der Waals surface area (Å²) in [6.45, 7) is 3.65. The van der Waals surface area contributed by atoms with E-state index in [1.807, 2.05) is 47.4 Å². The molecule has 0 unspecified atom stereocenters. The second-order valence-corrected chi connectivity index (χ2v) is 10.2. The average Bonchev–Trinajstić information content (AvgIpc) is 3.34. The molecule has 3 N–H and O–H groups in total. The second-order valence-electron chi connectivity index (χ2n) is 9.18. The molecular weight excluding hydrogens is 498 g/mol. The van der Waals surface area contributed by atoms with Crippen molar-refractivity contribution in [3.63, 3.8) is 0 Å². The summed E-state index contributed by atoms with van der Waals surface area (Å²) < 4.78 is 6.55. The standard InChI is InChI=1S/C30H35N3O4S/c34-26-12-11-25(29-28(26)32-30(36)38-29)13-17-31-18-20-33(19-14-23-7-3-1-4-8-23)27(35)16-22-37-21-15-24-9-5-2-6-10-24/h1-12,31,34H,13-22H2,(H,32,36). The zero-order valence-corrected chi connectivity index (χ0v) is 22.3. The molecule has 0 bridgehead atoms. The number of benzene rings is 3. The number of carbonyl (C=O) groups excluding carboxylic acids is 1. The third kappa shape index (κ3) is 8.28. The zero-order valence-electron chi connectivity index (χ0n) is 21.5. The second kappa shape index (κ2) is 14.5. The van der Waals surface area contributed by atoms with Crippen LogP contribution < -0.4 is 10.2 Å². The fraction of sp³-hybridized carbons (Fsp3) is 0.333. The number of thiazole rings is 1. The van der Waals surface area contributed by atoms with Crippen LogP contribution in [0.1, 0.15) is 23.1 Å². The summed E-state index contributed by atoms with van der Waals surface area (Å²) in [5, 5.41) is 13.4. The highest BCUT2D eigenvalue weighted by molar-refractivity contribution is 7.16. The first-order valence-corrected chi connectivity index (χ1v) is 13.9. The van der Waals surface area contributed by atoms with Gasteiger partial charge < -0.3 is 25.0 Å². The van der Waals surface area contributed by atoms with Crippen LogP contribution in [0.2, 0.25) is 0 Å². The number of aromatic amines is 1. The van der Waals surface area contributed by atoms with Crippen LogP contribution in [0.15, 0.2) is 77.6 Å². The molecule has 3 aromatic carbocycles. The molecular formula is C30H35N3O4S. The maximum Gasteiger partial charge on any atom is 0.305 e. The van der Waals surface area contributed by atoms with Crippen LogP contribution in [-0.4, -0.2) is 60.3 Å². The van der Waals surface area contributed by atoms with Crippen molar-refractivity contribution >= 4 is 27.5 Å². The number of ether oxygens (including phenoxy) is 1. The molecule has 1 aromatic heterocycles. The zero-order chi connectivity index (χ0) is 26.6. The Balaban J connectivity index is 1.23. The summed E-state index contributed by atoms with van der Waals surface area (Å²) in [6, 6.07) is 23.9. The van der Waals surface area contributed by atoms with Gasteiger partial charge in [-0.05, 0) is 48.6 Å². The monoisotopic (exact) mass is 533 g/mol. The van der Waals surface area contributed by atoms with Gasteiger partial charge in [0, 0.05) is 19.6 Å². The number of aromatic nitrogens is 1. The fourth-order valence-corrected chi connectivity index (χ4v) is 5.25. The molecule has 38 heavy (non-hydrogen) atoms. The molecule has 8 heteroatoms. The predicted molar refractivity (Wildman–Crippen MR) is 153 cm³/mol. The van der Waals surface area contributed by atoms with Gasteiger partial charge in [0.15, 0.2) is 0 Å². The topological polar surface area (TPSA) is 94.7 Å². The fourth-order valence-electron chi connectivity index (χ4n) is 4.36. The lowest BCUT2D eigenvalue weighted by Crippen LogP contribution is -2.39. The number of aromatic hydroxyl groups is 1. The minimum Gasteiger partial charge on any atom is -0.506 e. The van der Waals surface area contributed by atoms with Crippen molar-refractivity contribution in [1.29, 1.82) is 0 Å². The van der Waals surface area contributed by atoms with Gasteiger partial charge >= 0.3 is 4.87 Å². The van der Waals surface area contributed by atoms with E-state index in [9.17, 15) is 14.7 Å². The molecule has 200 valence electrons. The van der Waals surface area contributed by atoms with Gasteiger partial charge in [-0.1, -0.05) is 78.1 Å². The summed E-state index contributed by atoms with van der Waals surface area (Å²) in [5.74, 6) is 0.187. The number of phenols is 1. The molecule has 4 aromatic rings. The number of phenolic OH excluding ortho intramolecular Hbond substituents is 1. The van der Waals surface area contributed by atoms with Crippen molar-refractivity contribution in [2.75, 3.05) is 39.4 Å². The first-order chi connectivity index (χ1) is 18.6. The van der Waals surface area contributed by atoms with Crippen LogP contribution in [0, 0.1) is 0 Å². The van der Waals surface area contributed by atoms with Crippen LogP contribution in [0.4, 0.5) is 0 Å². The van der Waals surface area contributed by atoms with Gasteiger partial charge in [0.05, 0.1) is 24.3 Å². The van der Waals surface area contributed by atoms with E-state index in [2.05, 4.69) is 34.6 Å². The number of carbonyl (C=O) groups is 1. The quantitative estimate of drug-likeness (QED) is 0.200. The molecule has 0 radical (unpaired) electrons. The Morgan fingerprint density at radius 3 is 2.32 bits per heavy atom. The third-order valence-corrected chi connectivity index (χ3v) is 7.43. The molecule has 0 atom stereocenters. The SMILES string of the molecule is O=C(CCOCCc1ccccc1)N(CCNCCc1ccc(O)c2[nH]c(=O)sc12)CCc1ccccc1. The number of hydrogen-bond acceptors (Lipinski definition) is 6. The highest BCUT2D eigenvalue weighted by Crippen LogP contribution is 2.27. The number of amides is 1. The molecule has 7 nitrogen and oxygen atoms in total. The highest BCUT2D eigenvalue weighted by atomic mass is 32.1. The Bertz CT molecular complexity index is 1340. The van der Waals surface area contributed by atoms with E-state index in [4.69, 9.17) is 4.74 Å². The first-order valence-electron chi connectivity index (χ1n) is 13.1. The minimum atomic E-state index is -0.174. The Morgan fingerprint density at radius 1 is 0.868 bits per heavy atom. The average molecular weight is 534 g/mol. The maximum atomic E-state index is 13.0.